The first kappa shape index (κ1) is 18.8. The van der Waals surface area contributed by atoms with E-state index < -0.39 is 0 Å². The van der Waals surface area contributed by atoms with Crippen molar-refractivity contribution in [3.05, 3.63) is 60.7 Å². The number of para-hydroxylation sites is 1. The molecule has 1 aliphatic rings. The number of amides is 2. The van der Waals surface area contributed by atoms with E-state index in [9.17, 15) is 9.59 Å². The van der Waals surface area contributed by atoms with Crippen LogP contribution in [0.15, 0.2) is 60.7 Å². The fourth-order valence-corrected chi connectivity index (χ4v) is 3.42. The van der Waals surface area contributed by atoms with Crippen LogP contribution in [0, 0.1) is 5.92 Å². The third-order valence-corrected chi connectivity index (χ3v) is 4.95. The van der Waals surface area contributed by atoms with Crippen molar-refractivity contribution in [1.29, 1.82) is 0 Å². The van der Waals surface area contributed by atoms with Gasteiger partial charge in [0, 0.05) is 24.3 Å². The summed E-state index contributed by atoms with van der Waals surface area (Å²) in [6.45, 7) is 1.04. The Labute approximate surface area is 168 Å². The molecule has 8 heteroatoms. The molecule has 3 aromatic rings. The summed E-state index contributed by atoms with van der Waals surface area (Å²) in [4.78, 5) is 28.3. The monoisotopic (exact) mass is 390 g/mol. The molecule has 148 valence electrons. The van der Waals surface area contributed by atoms with Crippen molar-refractivity contribution in [1.82, 2.24) is 25.1 Å². The van der Waals surface area contributed by atoms with Crippen molar-refractivity contribution in [3.63, 3.8) is 0 Å². The van der Waals surface area contributed by atoms with Crippen LogP contribution in [0.25, 0.3) is 11.4 Å². The number of hydrogen-bond donors (Lipinski definition) is 1. The van der Waals surface area contributed by atoms with Gasteiger partial charge in [0.05, 0.1) is 5.92 Å². The van der Waals surface area contributed by atoms with Crippen molar-refractivity contribution >= 4 is 17.5 Å². The molecule has 29 heavy (non-hydrogen) atoms. The minimum Gasteiger partial charge on any atom is -0.340 e. The van der Waals surface area contributed by atoms with Crippen molar-refractivity contribution in [2.45, 2.75) is 19.4 Å². The highest BCUT2D eigenvalue weighted by molar-refractivity contribution is 5.93. The Morgan fingerprint density at radius 2 is 1.76 bits per heavy atom. The van der Waals surface area contributed by atoms with Crippen LogP contribution >= 0.6 is 0 Å². The molecule has 4 rings (SSSR count). The number of hydrogen-bond acceptors (Lipinski definition) is 5. The van der Waals surface area contributed by atoms with Crippen molar-refractivity contribution in [2.75, 3.05) is 18.4 Å². The highest BCUT2D eigenvalue weighted by Crippen LogP contribution is 2.19. The molecule has 0 bridgehead atoms. The molecule has 0 radical (unpaired) electrons. The Morgan fingerprint density at radius 3 is 2.52 bits per heavy atom. The fraction of sp³-hybridized carbons (Fsp3) is 0.286. The second kappa shape index (κ2) is 8.64. The van der Waals surface area contributed by atoms with E-state index in [0.29, 0.717) is 18.9 Å². The third-order valence-electron chi connectivity index (χ3n) is 4.95. The maximum absolute atomic E-state index is 12.7. The van der Waals surface area contributed by atoms with E-state index in [2.05, 4.69) is 20.7 Å². The first-order chi connectivity index (χ1) is 14.2. The number of rotatable bonds is 5. The van der Waals surface area contributed by atoms with Crippen molar-refractivity contribution in [3.8, 4) is 11.4 Å². The molecule has 1 aromatic heterocycles. The molecule has 1 unspecified atom stereocenters. The number of tetrazole rings is 1. The summed E-state index contributed by atoms with van der Waals surface area (Å²) in [5.41, 5.74) is 1.61. The topological polar surface area (TPSA) is 93.0 Å². The van der Waals surface area contributed by atoms with E-state index >= 15 is 0 Å². The van der Waals surface area contributed by atoms with Gasteiger partial charge in [-0.1, -0.05) is 48.5 Å². The van der Waals surface area contributed by atoms with Crippen LogP contribution in [0.2, 0.25) is 0 Å². The van der Waals surface area contributed by atoms with Crippen LogP contribution in [-0.2, 0) is 16.1 Å². The van der Waals surface area contributed by atoms with Crippen LogP contribution < -0.4 is 5.32 Å². The molecular formula is C21H22N6O2. The molecule has 1 N–H and O–H groups in total. The molecule has 0 aliphatic carbocycles. The molecule has 1 atom stereocenters. The summed E-state index contributed by atoms with van der Waals surface area (Å²) in [6.07, 6.45) is 1.56. The molecule has 1 fully saturated rings. The first-order valence-corrected chi connectivity index (χ1v) is 9.66. The zero-order valence-electron chi connectivity index (χ0n) is 15.9. The van der Waals surface area contributed by atoms with Crippen LogP contribution in [0.3, 0.4) is 0 Å². The summed E-state index contributed by atoms with van der Waals surface area (Å²) in [6, 6.07) is 18.9. The van der Waals surface area contributed by atoms with Crippen LogP contribution in [0.5, 0.6) is 0 Å². The zero-order valence-corrected chi connectivity index (χ0v) is 15.9. The summed E-state index contributed by atoms with van der Waals surface area (Å²) in [7, 11) is 0. The number of carbonyl (C=O) groups is 2. The first-order valence-electron chi connectivity index (χ1n) is 9.66. The van der Waals surface area contributed by atoms with Crippen molar-refractivity contribution in [2.24, 2.45) is 5.92 Å². The molecule has 1 aliphatic heterocycles. The van der Waals surface area contributed by atoms with Gasteiger partial charge in [0.25, 0.3) is 0 Å². The van der Waals surface area contributed by atoms with Crippen LogP contribution in [0.1, 0.15) is 12.8 Å². The quantitative estimate of drug-likeness (QED) is 0.721. The largest absolute Gasteiger partial charge is 0.340 e. The number of aromatic nitrogens is 4. The van der Waals surface area contributed by atoms with Gasteiger partial charge in [-0.15, -0.1) is 10.2 Å². The van der Waals surface area contributed by atoms with E-state index in [0.717, 1.165) is 24.1 Å². The maximum atomic E-state index is 12.7. The normalized spacial score (nSPS) is 16.4. The van der Waals surface area contributed by atoms with Gasteiger partial charge in [0.2, 0.25) is 17.6 Å². The van der Waals surface area contributed by atoms with Gasteiger partial charge in [-0.2, -0.15) is 4.80 Å². The predicted molar refractivity (Wildman–Crippen MR) is 108 cm³/mol. The Bertz CT molecular complexity index is 973. The lowest BCUT2D eigenvalue weighted by molar-refractivity contribution is -0.135. The zero-order chi connectivity index (χ0) is 20.1. The second-order valence-corrected chi connectivity index (χ2v) is 7.04. The van der Waals surface area contributed by atoms with Crippen LogP contribution in [-0.4, -0.2) is 50.0 Å². The lowest BCUT2D eigenvalue weighted by atomic mass is 9.97. The van der Waals surface area contributed by atoms with Crippen LogP contribution in [0.4, 0.5) is 5.69 Å². The Hall–Kier alpha value is -3.55. The number of carbonyl (C=O) groups excluding carboxylic acids is 2. The van der Waals surface area contributed by atoms with Gasteiger partial charge in [-0.05, 0) is 30.2 Å². The molecule has 1 saturated heterocycles. The summed E-state index contributed by atoms with van der Waals surface area (Å²) >= 11 is 0. The average Bonchev–Trinajstić information content (AvgIpc) is 3.23. The third kappa shape index (κ3) is 4.66. The number of piperidine rings is 1. The lowest BCUT2D eigenvalue weighted by Crippen LogP contribution is -2.45. The van der Waals surface area contributed by atoms with E-state index in [4.69, 9.17) is 0 Å². The van der Waals surface area contributed by atoms with Gasteiger partial charge in [0.15, 0.2) is 0 Å². The minimum absolute atomic E-state index is 0.00680. The highest BCUT2D eigenvalue weighted by Gasteiger charge is 2.28. The van der Waals surface area contributed by atoms with Gasteiger partial charge in [0.1, 0.15) is 6.54 Å². The molecular weight excluding hydrogens is 368 g/mol. The number of nitrogens with one attached hydrogen (secondary N) is 1. The molecule has 2 aromatic carbocycles. The minimum atomic E-state index is -0.225. The number of likely N-dealkylation sites (tertiary alicyclic amines) is 1. The van der Waals surface area contributed by atoms with Gasteiger partial charge < -0.3 is 10.2 Å². The Morgan fingerprint density at radius 1 is 1.03 bits per heavy atom. The molecule has 8 nitrogen and oxygen atoms in total. The SMILES string of the molecule is O=C(Nc1ccccc1)C1CCCN(C(=O)Cn2nnc(-c3ccccc3)n2)C1. The van der Waals surface area contributed by atoms with E-state index in [1.54, 1.807) is 4.90 Å². The standard InChI is InChI=1S/C21H22N6O2/c28-19(15-27-24-20(23-25-27)16-8-3-1-4-9-16)26-13-7-10-17(14-26)21(29)22-18-11-5-2-6-12-18/h1-6,8-9,11-12,17H,7,10,13-15H2,(H,22,29). The maximum Gasteiger partial charge on any atom is 0.246 e. The average molecular weight is 390 g/mol. The summed E-state index contributed by atoms with van der Waals surface area (Å²) in [5, 5.41) is 15.2. The molecule has 0 spiro atoms. The van der Waals surface area contributed by atoms with Gasteiger partial charge in [-0.25, -0.2) is 0 Å². The smallest absolute Gasteiger partial charge is 0.246 e. The lowest BCUT2D eigenvalue weighted by Gasteiger charge is -2.31. The van der Waals surface area contributed by atoms with Crippen molar-refractivity contribution < 1.29 is 9.59 Å². The summed E-state index contributed by atoms with van der Waals surface area (Å²) < 4.78 is 0. The number of nitrogens with zero attached hydrogens (tertiary/aromatic N) is 5. The second-order valence-electron chi connectivity index (χ2n) is 7.04. The van der Waals surface area contributed by atoms with Gasteiger partial charge in [-0.3, -0.25) is 9.59 Å². The number of anilines is 1. The van der Waals surface area contributed by atoms with Gasteiger partial charge >= 0.3 is 0 Å². The Kier molecular flexibility index (Phi) is 5.60. The van der Waals surface area contributed by atoms with E-state index in [-0.39, 0.29) is 24.3 Å². The molecule has 2 amide bonds. The molecule has 0 saturated carbocycles. The predicted octanol–water partition coefficient (Wildman–Crippen LogP) is 2.22. The van der Waals surface area contributed by atoms with E-state index in [1.165, 1.54) is 4.80 Å². The highest BCUT2D eigenvalue weighted by atomic mass is 16.2. The summed E-state index contributed by atoms with van der Waals surface area (Å²) in [5.74, 6) is 0.0896. The van der Waals surface area contributed by atoms with E-state index in [1.807, 2.05) is 60.7 Å². The number of benzene rings is 2. The molecule has 2 heterocycles. The fourth-order valence-electron chi connectivity index (χ4n) is 3.42. The Balaban J connectivity index is 1.35.